The van der Waals surface area contributed by atoms with E-state index >= 15 is 0 Å². The number of nitrogens with zero attached hydrogens (tertiary/aromatic N) is 4. The third kappa shape index (κ3) is 3.15. The first-order valence-corrected chi connectivity index (χ1v) is 8.56. The Morgan fingerprint density at radius 3 is 2.54 bits per heavy atom. The van der Waals surface area contributed by atoms with E-state index in [4.69, 9.17) is 0 Å². The van der Waals surface area contributed by atoms with Gasteiger partial charge in [-0.1, -0.05) is 26.7 Å². The Balaban J connectivity index is 1.76. The first-order chi connectivity index (χ1) is 11.3. The summed E-state index contributed by atoms with van der Waals surface area (Å²) in [7, 11) is 0. The zero-order valence-electron chi connectivity index (χ0n) is 14.0. The Labute approximate surface area is 139 Å². The van der Waals surface area contributed by atoms with Crippen molar-refractivity contribution in [3.8, 4) is 0 Å². The molecule has 0 unspecified atom stereocenters. The van der Waals surface area contributed by atoms with Crippen molar-refractivity contribution < 1.29 is 18.0 Å². The third-order valence-electron chi connectivity index (χ3n) is 5.11. The monoisotopic (exact) mass is 344 g/mol. The van der Waals surface area contributed by atoms with Gasteiger partial charge in [-0.2, -0.15) is 13.2 Å². The molecule has 1 aliphatic carbocycles. The van der Waals surface area contributed by atoms with Gasteiger partial charge >= 0.3 is 6.18 Å². The molecule has 1 saturated carbocycles. The molecule has 5 nitrogen and oxygen atoms in total. The van der Waals surface area contributed by atoms with Crippen LogP contribution in [0.4, 0.5) is 13.2 Å². The fraction of sp³-hybridized carbons (Fsp3) is 0.812. The highest BCUT2D eigenvalue weighted by Crippen LogP contribution is 2.42. The van der Waals surface area contributed by atoms with Crippen LogP contribution in [-0.2, 0) is 17.9 Å². The lowest BCUT2D eigenvalue weighted by Gasteiger charge is -2.37. The molecule has 2 heterocycles. The maximum Gasteiger partial charge on any atom is 0.392 e. The molecule has 1 aromatic heterocycles. The van der Waals surface area contributed by atoms with Crippen molar-refractivity contribution >= 4 is 5.91 Å². The number of carbonyl (C=O) groups is 1. The van der Waals surface area contributed by atoms with Crippen LogP contribution in [0.5, 0.6) is 0 Å². The Morgan fingerprint density at radius 2 is 1.88 bits per heavy atom. The molecular formula is C16H23F3N4O. The van der Waals surface area contributed by atoms with Crippen molar-refractivity contribution in [3.05, 3.63) is 11.6 Å². The molecule has 0 N–H and O–H groups in total. The van der Waals surface area contributed by atoms with E-state index in [1.54, 1.807) is 0 Å². The van der Waals surface area contributed by atoms with Gasteiger partial charge < -0.3 is 9.47 Å². The summed E-state index contributed by atoms with van der Waals surface area (Å²) in [5.74, 6) is -1.08. The van der Waals surface area contributed by atoms with Crippen LogP contribution in [0.15, 0.2) is 0 Å². The summed E-state index contributed by atoms with van der Waals surface area (Å²) in [6.07, 6.45) is -2.70. The van der Waals surface area contributed by atoms with E-state index in [2.05, 4.69) is 10.2 Å². The topological polar surface area (TPSA) is 51.0 Å². The SMILES string of the molecule is CC(C)c1nnc2n1CCN(C(=O)[C@@H]1CCCC[C@@H]1C(F)(F)F)C2. The molecule has 3 rings (SSSR count). The zero-order chi connectivity index (χ0) is 17.5. The number of halogens is 3. The normalized spacial score (nSPS) is 25.0. The van der Waals surface area contributed by atoms with Gasteiger partial charge in [-0.05, 0) is 12.8 Å². The van der Waals surface area contributed by atoms with Crippen LogP contribution >= 0.6 is 0 Å². The van der Waals surface area contributed by atoms with Crippen molar-refractivity contribution in [1.29, 1.82) is 0 Å². The Hall–Kier alpha value is -1.60. The summed E-state index contributed by atoms with van der Waals surface area (Å²) in [6, 6.07) is 0. The van der Waals surface area contributed by atoms with Crippen LogP contribution < -0.4 is 0 Å². The maximum atomic E-state index is 13.3. The molecule has 8 heteroatoms. The number of carbonyl (C=O) groups excluding carboxylic acids is 1. The number of aromatic nitrogens is 3. The minimum Gasteiger partial charge on any atom is -0.333 e. The smallest absolute Gasteiger partial charge is 0.333 e. The molecule has 1 aromatic rings. The molecular weight excluding hydrogens is 321 g/mol. The van der Waals surface area contributed by atoms with Crippen molar-refractivity contribution in [2.75, 3.05) is 6.54 Å². The summed E-state index contributed by atoms with van der Waals surface area (Å²) in [6.45, 7) is 5.25. The van der Waals surface area contributed by atoms with Gasteiger partial charge in [-0.3, -0.25) is 4.79 Å². The molecule has 1 aliphatic heterocycles. The summed E-state index contributed by atoms with van der Waals surface area (Å²) < 4.78 is 41.7. The van der Waals surface area contributed by atoms with Gasteiger partial charge in [-0.25, -0.2) is 0 Å². The van der Waals surface area contributed by atoms with E-state index in [9.17, 15) is 18.0 Å². The number of fused-ring (bicyclic) bond motifs is 1. The standard InChI is InChI=1S/C16H23F3N4O/c1-10(2)14-21-20-13-9-22(7-8-23(13)14)15(24)11-5-3-4-6-12(11)16(17,18)19/h10-12H,3-9H2,1-2H3/t11-,12+/m1/s1. The number of hydrogen-bond donors (Lipinski definition) is 0. The van der Waals surface area contributed by atoms with Crippen LogP contribution in [0.2, 0.25) is 0 Å². The minimum absolute atomic E-state index is 0.0570. The Bertz CT molecular complexity index is 611. The van der Waals surface area contributed by atoms with Crippen LogP contribution in [0.25, 0.3) is 0 Å². The summed E-state index contributed by atoms with van der Waals surface area (Å²) >= 11 is 0. The predicted molar refractivity (Wildman–Crippen MR) is 81.0 cm³/mol. The lowest BCUT2D eigenvalue weighted by molar-refractivity contribution is -0.201. The fourth-order valence-corrected chi connectivity index (χ4v) is 3.85. The molecule has 2 atom stereocenters. The fourth-order valence-electron chi connectivity index (χ4n) is 3.85. The summed E-state index contributed by atoms with van der Waals surface area (Å²) in [5, 5.41) is 8.27. The van der Waals surface area contributed by atoms with E-state index in [0.717, 1.165) is 5.82 Å². The first kappa shape index (κ1) is 17.2. The third-order valence-corrected chi connectivity index (χ3v) is 5.11. The van der Waals surface area contributed by atoms with Crippen LogP contribution in [-0.4, -0.2) is 38.3 Å². The number of alkyl halides is 3. The molecule has 134 valence electrons. The van der Waals surface area contributed by atoms with E-state index in [0.29, 0.717) is 38.2 Å². The van der Waals surface area contributed by atoms with Crippen LogP contribution in [0.1, 0.15) is 57.1 Å². The van der Waals surface area contributed by atoms with Crippen molar-refractivity contribution in [2.24, 2.45) is 11.8 Å². The largest absolute Gasteiger partial charge is 0.392 e. The van der Waals surface area contributed by atoms with E-state index in [-0.39, 0.29) is 24.8 Å². The van der Waals surface area contributed by atoms with Crippen molar-refractivity contribution in [1.82, 2.24) is 19.7 Å². The lowest BCUT2D eigenvalue weighted by atomic mass is 9.78. The van der Waals surface area contributed by atoms with Gasteiger partial charge in [0, 0.05) is 24.9 Å². The molecule has 0 saturated heterocycles. The van der Waals surface area contributed by atoms with Gasteiger partial charge in [0.2, 0.25) is 5.91 Å². The van der Waals surface area contributed by atoms with Gasteiger partial charge in [-0.15, -0.1) is 10.2 Å². The molecule has 0 bridgehead atoms. The van der Waals surface area contributed by atoms with Crippen molar-refractivity contribution in [2.45, 2.75) is 64.7 Å². The maximum absolute atomic E-state index is 13.3. The highest BCUT2D eigenvalue weighted by atomic mass is 19.4. The molecule has 1 fully saturated rings. The van der Waals surface area contributed by atoms with E-state index < -0.39 is 18.0 Å². The second-order valence-corrected chi connectivity index (χ2v) is 7.08. The van der Waals surface area contributed by atoms with Gasteiger partial charge in [0.25, 0.3) is 0 Å². The van der Waals surface area contributed by atoms with E-state index in [1.165, 1.54) is 4.90 Å². The van der Waals surface area contributed by atoms with Crippen LogP contribution in [0.3, 0.4) is 0 Å². The van der Waals surface area contributed by atoms with Gasteiger partial charge in [0.05, 0.1) is 12.5 Å². The highest BCUT2D eigenvalue weighted by molar-refractivity contribution is 5.79. The average molecular weight is 344 g/mol. The Morgan fingerprint density at radius 1 is 1.17 bits per heavy atom. The average Bonchev–Trinajstić information content (AvgIpc) is 2.96. The molecule has 0 radical (unpaired) electrons. The van der Waals surface area contributed by atoms with Gasteiger partial charge in [0.15, 0.2) is 5.82 Å². The molecule has 0 spiro atoms. The first-order valence-electron chi connectivity index (χ1n) is 8.56. The number of rotatable bonds is 2. The Kier molecular flexibility index (Phi) is 4.57. The predicted octanol–water partition coefficient (Wildman–Crippen LogP) is 3.11. The summed E-state index contributed by atoms with van der Waals surface area (Å²) in [5.41, 5.74) is 0. The van der Waals surface area contributed by atoms with E-state index in [1.807, 2.05) is 18.4 Å². The highest BCUT2D eigenvalue weighted by Gasteiger charge is 2.49. The minimum atomic E-state index is -4.30. The van der Waals surface area contributed by atoms with Crippen molar-refractivity contribution in [3.63, 3.8) is 0 Å². The zero-order valence-corrected chi connectivity index (χ0v) is 14.0. The number of amides is 1. The lowest BCUT2D eigenvalue weighted by Crippen LogP contribution is -2.47. The number of hydrogen-bond acceptors (Lipinski definition) is 3. The van der Waals surface area contributed by atoms with Gasteiger partial charge in [0.1, 0.15) is 5.82 Å². The second kappa shape index (κ2) is 6.37. The quantitative estimate of drug-likeness (QED) is 0.828. The van der Waals surface area contributed by atoms with Crippen LogP contribution in [0, 0.1) is 11.8 Å². The molecule has 2 aliphatic rings. The summed E-state index contributed by atoms with van der Waals surface area (Å²) in [4.78, 5) is 14.3. The molecule has 24 heavy (non-hydrogen) atoms. The molecule has 0 aromatic carbocycles. The molecule has 1 amide bonds. The second-order valence-electron chi connectivity index (χ2n) is 7.08.